The summed E-state index contributed by atoms with van der Waals surface area (Å²) in [6.07, 6.45) is 0. The molecular weight excluding hydrogens is 356 g/mol. The van der Waals surface area contributed by atoms with Crippen molar-refractivity contribution in [2.75, 3.05) is 14.2 Å². The molecule has 1 unspecified atom stereocenters. The maximum Gasteiger partial charge on any atom is 0.221 e. The summed E-state index contributed by atoms with van der Waals surface area (Å²) in [5, 5.41) is 3.88. The minimum Gasteiger partial charge on any atom is -0.496 e. The smallest absolute Gasteiger partial charge is 0.221 e. The number of rotatable bonds is 6. The van der Waals surface area contributed by atoms with Gasteiger partial charge in [0.15, 0.2) is 12.5 Å². The largest absolute Gasteiger partial charge is 0.496 e. The number of hydrogen-bond donors (Lipinski definition) is 2. The number of quaternary nitrogens is 1. The number of H-pyrrole nitrogens is 1. The SMILES string of the molecule is COc1ccc(Cl)cc1-c1nc(=S)n(C[NH+](C)Cc2ccccc2)[nH]1. The van der Waals surface area contributed by atoms with Gasteiger partial charge in [-0.25, -0.2) is 4.68 Å². The van der Waals surface area contributed by atoms with Crippen LogP contribution in [0.25, 0.3) is 11.4 Å². The number of nitrogens with zero attached hydrogens (tertiary/aromatic N) is 2. The third-order valence-electron chi connectivity index (χ3n) is 3.87. The molecular formula is C18H20ClN4OS+. The number of nitrogens with one attached hydrogen (secondary N) is 2. The van der Waals surface area contributed by atoms with Crippen LogP contribution in [-0.2, 0) is 13.2 Å². The highest BCUT2D eigenvalue weighted by Crippen LogP contribution is 2.30. The van der Waals surface area contributed by atoms with Gasteiger partial charge in [0.05, 0.1) is 19.7 Å². The third-order valence-corrected chi connectivity index (χ3v) is 4.42. The fourth-order valence-corrected chi connectivity index (χ4v) is 3.09. The van der Waals surface area contributed by atoms with Gasteiger partial charge in [-0.3, -0.25) is 5.10 Å². The van der Waals surface area contributed by atoms with Gasteiger partial charge in [-0.05, 0) is 30.4 Å². The molecule has 3 aromatic rings. The second-order valence-electron chi connectivity index (χ2n) is 5.91. The standard InChI is InChI=1S/C18H19ClN4OS/c1-22(11-13-6-4-3-5-7-13)12-23-18(25)20-17(21-23)15-10-14(19)8-9-16(15)24-2/h3-10H,11-12H2,1-2H3,(H,20,21,25)/p+1. The van der Waals surface area contributed by atoms with Crippen molar-refractivity contribution in [2.24, 2.45) is 0 Å². The lowest BCUT2D eigenvalue weighted by Gasteiger charge is -2.14. The molecule has 0 saturated carbocycles. The van der Waals surface area contributed by atoms with Gasteiger partial charge in [-0.2, -0.15) is 4.98 Å². The molecule has 1 aromatic heterocycles. The molecule has 0 spiro atoms. The summed E-state index contributed by atoms with van der Waals surface area (Å²) in [6.45, 7) is 1.58. The van der Waals surface area contributed by atoms with E-state index in [0.717, 1.165) is 12.1 Å². The fraction of sp³-hybridized carbons (Fsp3) is 0.222. The van der Waals surface area contributed by atoms with E-state index in [1.165, 1.54) is 10.5 Å². The lowest BCUT2D eigenvalue weighted by atomic mass is 10.2. The number of hydrogen-bond acceptors (Lipinski definition) is 3. The van der Waals surface area contributed by atoms with Crippen LogP contribution in [0.1, 0.15) is 5.56 Å². The summed E-state index contributed by atoms with van der Waals surface area (Å²) in [6, 6.07) is 15.8. The average molecular weight is 376 g/mol. The van der Waals surface area contributed by atoms with E-state index in [-0.39, 0.29) is 0 Å². The minimum atomic E-state index is 0.504. The molecule has 2 N–H and O–H groups in total. The molecule has 0 amide bonds. The topological polar surface area (TPSA) is 47.3 Å². The number of benzene rings is 2. The molecule has 130 valence electrons. The van der Waals surface area contributed by atoms with Crippen molar-refractivity contribution in [1.82, 2.24) is 14.8 Å². The van der Waals surface area contributed by atoms with Crippen molar-refractivity contribution in [3.63, 3.8) is 0 Å². The van der Waals surface area contributed by atoms with E-state index in [4.69, 9.17) is 28.6 Å². The first kappa shape index (κ1) is 17.7. The van der Waals surface area contributed by atoms with Crippen molar-refractivity contribution in [3.8, 4) is 17.1 Å². The Hall–Kier alpha value is -2.15. The number of methoxy groups -OCH3 is 1. The molecule has 0 aliphatic carbocycles. The molecule has 5 nitrogen and oxygen atoms in total. The van der Waals surface area contributed by atoms with Gasteiger partial charge in [0, 0.05) is 10.6 Å². The van der Waals surface area contributed by atoms with Crippen LogP contribution in [0.5, 0.6) is 5.75 Å². The fourth-order valence-electron chi connectivity index (χ4n) is 2.72. The van der Waals surface area contributed by atoms with Gasteiger partial charge in [-0.1, -0.05) is 41.9 Å². The van der Waals surface area contributed by atoms with Crippen molar-refractivity contribution < 1.29 is 9.64 Å². The first-order valence-electron chi connectivity index (χ1n) is 7.93. The Labute approximate surface area is 156 Å². The Bertz CT molecular complexity index is 907. The molecule has 0 radical (unpaired) electrons. The van der Waals surface area contributed by atoms with Crippen molar-refractivity contribution >= 4 is 23.8 Å². The first-order valence-corrected chi connectivity index (χ1v) is 8.71. The summed E-state index contributed by atoms with van der Waals surface area (Å²) in [4.78, 5) is 5.75. The van der Waals surface area contributed by atoms with Gasteiger partial charge in [-0.15, -0.1) is 0 Å². The van der Waals surface area contributed by atoms with Crippen LogP contribution in [0, 0.1) is 4.77 Å². The van der Waals surface area contributed by atoms with Crippen molar-refractivity contribution in [1.29, 1.82) is 0 Å². The van der Waals surface area contributed by atoms with Gasteiger partial charge >= 0.3 is 0 Å². The van der Waals surface area contributed by atoms with E-state index >= 15 is 0 Å². The molecule has 0 aliphatic heterocycles. The number of aromatic nitrogens is 3. The summed E-state index contributed by atoms with van der Waals surface area (Å²) in [5.74, 6) is 1.35. The number of halogens is 1. The highest BCUT2D eigenvalue weighted by atomic mass is 35.5. The second kappa shape index (κ2) is 7.82. The monoisotopic (exact) mass is 375 g/mol. The zero-order valence-corrected chi connectivity index (χ0v) is 15.7. The second-order valence-corrected chi connectivity index (χ2v) is 6.71. The highest BCUT2D eigenvalue weighted by molar-refractivity contribution is 7.71. The summed E-state index contributed by atoms with van der Waals surface area (Å²) in [5.41, 5.74) is 2.07. The molecule has 0 bridgehead atoms. The van der Waals surface area contributed by atoms with Crippen molar-refractivity contribution in [2.45, 2.75) is 13.2 Å². The van der Waals surface area contributed by atoms with E-state index < -0.39 is 0 Å². The van der Waals surface area contributed by atoms with Gasteiger partial charge in [0.2, 0.25) is 4.77 Å². The summed E-state index contributed by atoms with van der Waals surface area (Å²) in [7, 11) is 3.74. The molecule has 25 heavy (non-hydrogen) atoms. The Morgan fingerprint density at radius 3 is 2.72 bits per heavy atom. The lowest BCUT2D eigenvalue weighted by molar-refractivity contribution is -0.917. The third kappa shape index (κ3) is 4.28. The van der Waals surface area contributed by atoms with Crippen LogP contribution in [0.3, 0.4) is 0 Å². The Morgan fingerprint density at radius 1 is 1.24 bits per heavy atom. The predicted octanol–water partition coefficient (Wildman–Crippen LogP) is 2.94. The molecule has 2 aromatic carbocycles. The molecule has 1 atom stereocenters. The Balaban J connectivity index is 1.81. The Kier molecular flexibility index (Phi) is 5.53. The minimum absolute atomic E-state index is 0.504. The lowest BCUT2D eigenvalue weighted by Crippen LogP contribution is -3.07. The van der Waals surface area contributed by atoms with Crippen LogP contribution in [0.4, 0.5) is 0 Å². The van der Waals surface area contributed by atoms with Gasteiger partial charge < -0.3 is 9.64 Å². The van der Waals surface area contributed by atoms with E-state index in [1.54, 1.807) is 13.2 Å². The first-order chi connectivity index (χ1) is 12.1. The van der Waals surface area contributed by atoms with E-state index in [9.17, 15) is 0 Å². The molecule has 7 heteroatoms. The quantitative estimate of drug-likeness (QED) is 0.651. The maximum absolute atomic E-state index is 6.11. The molecule has 0 aliphatic rings. The Morgan fingerprint density at radius 2 is 2.00 bits per heavy atom. The summed E-state index contributed by atoms with van der Waals surface area (Å²) < 4.78 is 7.77. The zero-order chi connectivity index (χ0) is 17.8. The molecule has 0 saturated heterocycles. The van der Waals surface area contributed by atoms with Crippen LogP contribution in [0.2, 0.25) is 5.02 Å². The highest BCUT2D eigenvalue weighted by Gasteiger charge is 2.13. The van der Waals surface area contributed by atoms with Crippen LogP contribution < -0.4 is 9.64 Å². The zero-order valence-electron chi connectivity index (χ0n) is 14.1. The molecule has 1 heterocycles. The van der Waals surface area contributed by atoms with Crippen LogP contribution >= 0.6 is 23.8 Å². The van der Waals surface area contributed by atoms with Crippen LogP contribution in [0.15, 0.2) is 48.5 Å². The van der Waals surface area contributed by atoms with Gasteiger partial charge in [0.1, 0.15) is 12.3 Å². The van der Waals surface area contributed by atoms with E-state index in [2.05, 4.69) is 29.3 Å². The van der Waals surface area contributed by atoms with Gasteiger partial charge in [0.25, 0.3) is 0 Å². The van der Waals surface area contributed by atoms with Crippen LogP contribution in [-0.4, -0.2) is 28.9 Å². The number of ether oxygens (including phenoxy) is 1. The van der Waals surface area contributed by atoms with E-state index in [0.29, 0.717) is 28.0 Å². The molecule has 0 fully saturated rings. The maximum atomic E-state index is 6.11. The number of aromatic amines is 1. The van der Waals surface area contributed by atoms with E-state index in [1.807, 2.05) is 35.0 Å². The molecule has 3 rings (SSSR count). The average Bonchev–Trinajstić information content (AvgIpc) is 2.96. The normalized spacial score (nSPS) is 12.1. The predicted molar refractivity (Wildman–Crippen MR) is 101 cm³/mol. The summed E-state index contributed by atoms with van der Waals surface area (Å²) >= 11 is 11.5. The van der Waals surface area contributed by atoms with Crippen molar-refractivity contribution in [3.05, 3.63) is 63.9 Å².